The summed E-state index contributed by atoms with van der Waals surface area (Å²) in [6, 6.07) is 4.50. The van der Waals surface area contributed by atoms with Crippen molar-refractivity contribution in [2.75, 3.05) is 11.1 Å². The third-order valence-corrected chi connectivity index (χ3v) is 2.61. The summed E-state index contributed by atoms with van der Waals surface area (Å²) in [6.45, 7) is 0. The van der Waals surface area contributed by atoms with Crippen LogP contribution in [0.5, 0.6) is 0 Å². The maximum atomic E-state index is 13.2. The molecule has 17 heavy (non-hydrogen) atoms. The number of hydrogen-bond donors (Lipinski definition) is 2. The molecule has 0 atom stereocenters. The van der Waals surface area contributed by atoms with Crippen molar-refractivity contribution >= 4 is 45.1 Å². The number of nitrogens with one attached hydrogen (secondary N) is 1. The van der Waals surface area contributed by atoms with Gasteiger partial charge < -0.3 is 11.1 Å². The quantitative estimate of drug-likeness (QED) is 0.890. The summed E-state index contributed by atoms with van der Waals surface area (Å²) < 4.78 is 13.6. The van der Waals surface area contributed by atoms with E-state index >= 15 is 0 Å². The first kappa shape index (κ1) is 12.0. The number of halogens is 3. The highest BCUT2D eigenvalue weighted by molar-refractivity contribution is 9.10. The van der Waals surface area contributed by atoms with Gasteiger partial charge in [-0.2, -0.15) is 15.0 Å². The molecule has 5 nitrogen and oxygen atoms in total. The number of nitrogens with two attached hydrogens (primary N) is 1. The fraction of sp³-hybridized carbons (Fsp3) is 0. The molecular weight excluding hydrogens is 312 g/mol. The molecular formula is C9H6BrClFN5. The number of nitrogens with zero attached hydrogens (tertiary/aromatic N) is 3. The van der Waals surface area contributed by atoms with Crippen LogP contribution in [-0.4, -0.2) is 15.0 Å². The standard InChI is InChI=1S/C9H6BrClFN5/c10-5-2-1-4(3-6(5)12)14-9-16-7(11)15-8(13)17-9/h1-3H,(H3,13,14,15,16,17). The molecule has 88 valence electrons. The Morgan fingerprint density at radius 3 is 2.71 bits per heavy atom. The number of rotatable bonds is 2. The zero-order valence-corrected chi connectivity index (χ0v) is 10.6. The fourth-order valence-corrected chi connectivity index (χ4v) is 1.54. The van der Waals surface area contributed by atoms with Gasteiger partial charge in [0.2, 0.25) is 17.2 Å². The third-order valence-electron chi connectivity index (χ3n) is 1.80. The Morgan fingerprint density at radius 1 is 1.29 bits per heavy atom. The molecule has 1 aromatic heterocycles. The molecule has 8 heteroatoms. The van der Waals surface area contributed by atoms with Gasteiger partial charge in [0.1, 0.15) is 5.82 Å². The molecule has 0 unspecified atom stereocenters. The molecule has 0 aliphatic carbocycles. The third kappa shape index (κ3) is 3.01. The molecule has 0 amide bonds. The average molecular weight is 319 g/mol. The van der Waals surface area contributed by atoms with Crippen molar-refractivity contribution in [3.05, 3.63) is 33.8 Å². The molecule has 1 heterocycles. The van der Waals surface area contributed by atoms with Crippen LogP contribution in [0.2, 0.25) is 5.28 Å². The second kappa shape index (κ2) is 4.80. The monoisotopic (exact) mass is 317 g/mol. The van der Waals surface area contributed by atoms with Gasteiger partial charge in [-0.05, 0) is 45.7 Å². The summed E-state index contributed by atoms with van der Waals surface area (Å²) >= 11 is 8.66. The molecule has 0 radical (unpaired) electrons. The van der Waals surface area contributed by atoms with E-state index in [1.165, 1.54) is 6.07 Å². The highest BCUT2D eigenvalue weighted by atomic mass is 79.9. The summed E-state index contributed by atoms with van der Waals surface area (Å²) in [5.74, 6) is -0.252. The van der Waals surface area contributed by atoms with Gasteiger partial charge in [-0.3, -0.25) is 0 Å². The highest BCUT2D eigenvalue weighted by Gasteiger charge is 2.05. The minimum absolute atomic E-state index is 0.00918. The molecule has 1 aromatic carbocycles. The lowest BCUT2D eigenvalue weighted by Gasteiger charge is -2.05. The van der Waals surface area contributed by atoms with Gasteiger partial charge in [-0.1, -0.05) is 0 Å². The zero-order chi connectivity index (χ0) is 12.4. The minimum Gasteiger partial charge on any atom is -0.368 e. The molecule has 3 N–H and O–H groups in total. The van der Waals surface area contributed by atoms with Crippen LogP contribution in [0.4, 0.5) is 22.0 Å². The smallest absolute Gasteiger partial charge is 0.233 e. The van der Waals surface area contributed by atoms with E-state index in [1.54, 1.807) is 12.1 Å². The molecule has 2 rings (SSSR count). The number of aromatic nitrogens is 3. The molecule has 0 saturated heterocycles. The number of nitrogen functional groups attached to an aromatic ring is 1. The van der Waals surface area contributed by atoms with Gasteiger partial charge >= 0.3 is 0 Å². The molecule has 0 fully saturated rings. The van der Waals surface area contributed by atoms with Gasteiger partial charge in [0, 0.05) is 5.69 Å². The Balaban J connectivity index is 2.28. The Bertz CT molecular complexity index is 545. The van der Waals surface area contributed by atoms with E-state index in [2.05, 4.69) is 36.2 Å². The van der Waals surface area contributed by atoms with Crippen molar-refractivity contribution in [2.45, 2.75) is 0 Å². The molecule has 0 spiro atoms. The zero-order valence-electron chi connectivity index (χ0n) is 8.28. The van der Waals surface area contributed by atoms with E-state index in [0.717, 1.165) is 0 Å². The average Bonchev–Trinajstić information content (AvgIpc) is 2.22. The summed E-state index contributed by atoms with van der Waals surface area (Å²) in [4.78, 5) is 11.2. The summed E-state index contributed by atoms with van der Waals surface area (Å²) in [7, 11) is 0. The number of hydrogen-bond acceptors (Lipinski definition) is 5. The van der Waals surface area contributed by atoms with Crippen molar-refractivity contribution in [3.63, 3.8) is 0 Å². The van der Waals surface area contributed by atoms with E-state index < -0.39 is 5.82 Å². The van der Waals surface area contributed by atoms with Crippen LogP contribution in [0, 0.1) is 5.82 Å². The maximum absolute atomic E-state index is 13.2. The van der Waals surface area contributed by atoms with Crippen molar-refractivity contribution in [3.8, 4) is 0 Å². The van der Waals surface area contributed by atoms with E-state index in [0.29, 0.717) is 10.2 Å². The second-order valence-electron chi connectivity index (χ2n) is 3.04. The summed E-state index contributed by atoms with van der Waals surface area (Å²) in [6.07, 6.45) is 0. The molecule has 0 aliphatic heterocycles. The SMILES string of the molecule is Nc1nc(Cl)nc(Nc2ccc(Br)c(F)c2)n1. The van der Waals surface area contributed by atoms with Crippen LogP contribution in [0.25, 0.3) is 0 Å². The minimum atomic E-state index is -0.400. The Kier molecular flexibility index (Phi) is 3.39. The maximum Gasteiger partial charge on any atom is 0.233 e. The van der Waals surface area contributed by atoms with Crippen molar-refractivity contribution in [1.82, 2.24) is 15.0 Å². The summed E-state index contributed by atoms with van der Waals surface area (Å²) in [5.41, 5.74) is 5.88. The number of anilines is 3. The second-order valence-corrected chi connectivity index (χ2v) is 4.23. The van der Waals surface area contributed by atoms with Crippen LogP contribution < -0.4 is 11.1 Å². The Morgan fingerprint density at radius 2 is 2.06 bits per heavy atom. The Hall–Kier alpha value is -1.47. The first-order valence-corrected chi connectivity index (χ1v) is 5.61. The van der Waals surface area contributed by atoms with Crippen LogP contribution in [-0.2, 0) is 0 Å². The largest absolute Gasteiger partial charge is 0.368 e. The van der Waals surface area contributed by atoms with E-state index in [9.17, 15) is 4.39 Å². The van der Waals surface area contributed by atoms with E-state index in [-0.39, 0.29) is 17.2 Å². The van der Waals surface area contributed by atoms with Gasteiger partial charge in [0.15, 0.2) is 0 Å². The number of benzene rings is 1. The van der Waals surface area contributed by atoms with Crippen LogP contribution >= 0.6 is 27.5 Å². The van der Waals surface area contributed by atoms with Crippen molar-refractivity contribution in [1.29, 1.82) is 0 Å². The van der Waals surface area contributed by atoms with Gasteiger partial charge in [-0.15, -0.1) is 0 Å². The van der Waals surface area contributed by atoms with E-state index in [4.69, 9.17) is 17.3 Å². The molecule has 0 aliphatic rings. The fourth-order valence-electron chi connectivity index (χ4n) is 1.12. The summed E-state index contributed by atoms with van der Waals surface area (Å²) in [5, 5.41) is 2.74. The predicted octanol–water partition coefficient (Wildman–Crippen LogP) is 2.75. The lowest BCUT2D eigenvalue weighted by Crippen LogP contribution is -2.03. The molecule has 2 aromatic rings. The highest BCUT2D eigenvalue weighted by Crippen LogP contribution is 2.21. The first-order valence-electron chi connectivity index (χ1n) is 4.44. The van der Waals surface area contributed by atoms with E-state index in [1.807, 2.05) is 0 Å². The van der Waals surface area contributed by atoms with Crippen LogP contribution in [0.3, 0.4) is 0 Å². The van der Waals surface area contributed by atoms with Crippen LogP contribution in [0.15, 0.2) is 22.7 Å². The lowest BCUT2D eigenvalue weighted by atomic mass is 10.3. The first-order chi connectivity index (χ1) is 8.04. The lowest BCUT2D eigenvalue weighted by molar-refractivity contribution is 0.622. The normalized spacial score (nSPS) is 10.3. The van der Waals surface area contributed by atoms with Crippen LogP contribution in [0.1, 0.15) is 0 Å². The topological polar surface area (TPSA) is 76.7 Å². The van der Waals surface area contributed by atoms with Gasteiger partial charge in [-0.25, -0.2) is 4.39 Å². The Labute approximate surface area is 109 Å². The molecule has 0 bridgehead atoms. The van der Waals surface area contributed by atoms with Crippen molar-refractivity contribution < 1.29 is 4.39 Å². The van der Waals surface area contributed by atoms with Gasteiger partial charge in [0.05, 0.1) is 4.47 Å². The molecule has 0 saturated carbocycles. The predicted molar refractivity (Wildman–Crippen MR) is 66.6 cm³/mol. The van der Waals surface area contributed by atoms with Crippen molar-refractivity contribution in [2.24, 2.45) is 0 Å². The van der Waals surface area contributed by atoms with Gasteiger partial charge in [0.25, 0.3) is 0 Å².